The van der Waals surface area contributed by atoms with Gasteiger partial charge in [-0.3, -0.25) is 0 Å². The van der Waals surface area contributed by atoms with Gasteiger partial charge in [-0.2, -0.15) is 0 Å². The van der Waals surface area contributed by atoms with Gasteiger partial charge in [0.25, 0.3) is 0 Å². The topological polar surface area (TPSA) is 60.8 Å². The molecule has 0 atom stereocenters. The number of ether oxygens (including phenoxy) is 3. The van der Waals surface area contributed by atoms with Gasteiger partial charge in [-0.25, -0.2) is 4.98 Å². The zero-order chi connectivity index (χ0) is 15.2. The van der Waals surface area contributed by atoms with Crippen LogP contribution in [0.5, 0.6) is 17.4 Å². The SMILES string of the molecule is COc1cc(Cl)cc(CO)c1OCc1cccnc1OC. The van der Waals surface area contributed by atoms with Crippen LogP contribution >= 0.6 is 11.6 Å². The molecule has 0 spiro atoms. The van der Waals surface area contributed by atoms with Gasteiger partial charge in [-0.05, 0) is 18.2 Å². The minimum Gasteiger partial charge on any atom is -0.493 e. The molecule has 1 N–H and O–H groups in total. The Bertz CT molecular complexity index is 593. The lowest BCUT2D eigenvalue weighted by molar-refractivity contribution is 0.247. The highest BCUT2D eigenvalue weighted by molar-refractivity contribution is 6.30. The molecule has 0 aliphatic heterocycles. The fourth-order valence-corrected chi connectivity index (χ4v) is 2.15. The maximum Gasteiger partial charge on any atom is 0.219 e. The highest BCUT2D eigenvalue weighted by Gasteiger charge is 2.14. The normalized spacial score (nSPS) is 10.3. The van der Waals surface area contributed by atoms with E-state index in [4.69, 9.17) is 25.8 Å². The molecule has 2 rings (SSSR count). The highest BCUT2D eigenvalue weighted by Crippen LogP contribution is 2.35. The molecule has 0 radical (unpaired) electrons. The van der Waals surface area contributed by atoms with Crippen LogP contribution in [-0.4, -0.2) is 24.3 Å². The van der Waals surface area contributed by atoms with Gasteiger partial charge < -0.3 is 19.3 Å². The van der Waals surface area contributed by atoms with Crippen LogP contribution in [0.2, 0.25) is 5.02 Å². The number of pyridine rings is 1. The maximum atomic E-state index is 9.43. The van der Waals surface area contributed by atoms with E-state index in [0.717, 1.165) is 5.56 Å². The molecule has 0 aliphatic rings. The van der Waals surface area contributed by atoms with E-state index in [2.05, 4.69) is 4.98 Å². The molecule has 1 aromatic carbocycles. The standard InChI is InChI=1S/C15H16ClNO4/c1-19-13-7-12(16)6-11(8-18)14(13)21-9-10-4-3-5-17-15(10)20-2/h3-7,18H,8-9H2,1-2H3. The van der Waals surface area contributed by atoms with Crippen molar-refractivity contribution in [2.24, 2.45) is 0 Å². The van der Waals surface area contributed by atoms with Crippen molar-refractivity contribution in [2.75, 3.05) is 14.2 Å². The van der Waals surface area contributed by atoms with Crippen molar-refractivity contribution in [1.29, 1.82) is 0 Å². The number of aliphatic hydroxyl groups is 1. The maximum absolute atomic E-state index is 9.43. The van der Waals surface area contributed by atoms with Gasteiger partial charge in [-0.1, -0.05) is 11.6 Å². The second-order valence-corrected chi connectivity index (χ2v) is 4.65. The first kappa shape index (κ1) is 15.4. The van der Waals surface area contributed by atoms with E-state index >= 15 is 0 Å². The third-order valence-corrected chi connectivity index (χ3v) is 3.12. The molecule has 1 aromatic heterocycles. The van der Waals surface area contributed by atoms with Gasteiger partial charge in [0.1, 0.15) is 6.61 Å². The lowest BCUT2D eigenvalue weighted by atomic mass is 10.2. The average molecular weight is 310 g/mol. The lowest BCUT2D eigenvalue weighted by Crippen LogP contribution is -2.03. The summed E-state index contributed by atoms with van der Waals surface area (Å²) in [6, 6.07) is 6.93. The lowest BCUT2D eigenvalue weighted by Gasteiger charge is -2.15. The third-order valence-electron chi connectivity index (χ3n) is 2.90. The summed E-state index contributed by atoms with van der Waals surface area (Å²) >= 11 is 5.97. The fourth-order valence-electron chi connectivity index (χ4n) is 1.92. The van der Waals surface area contributed by atoms with Gasteiger partial charge in [0.15, 0.2) is 11.5 Å². The van der Waals surface area contributed by atoms with Crippen molar-refractivity contribution in [1.82, 2.24) is 4.98 Å². The number of benzene rings is 1. The summed E-state index contributed by atoms with van der Waals surface area (Å²) in [5.41, 5.74) is 1.35. The number of nitrogens with zero attached hydrogens (tertiary/aromatic N) is 1. The zero-order valence-corrected chi connectivity index (χ0v) is 12.6. The van der Waals surface area contributed by atoms with Crippen molar-refractivity contribution in [3.8, 4) is 17.4 Å². The Balaban J connectivity index is 2.27. The zero-order valence-electron chi connectivity index (χ0n) is 11.8. The Morgan fingerprint density at radius 1 is 1.19 bits per heavy atom. The molecular weight excluding hydrogens is 294 g/mol. The number of aliphatic hydroxyl groups excluding tert-OH is 1. The van der Waals surface area contributed by atoms with Gasteiger partial charge in [0.05, 0.1) is 26.4 Å². The smallest absolute Gasteiger partial charge is 0.219 e. The molecule has 0 saturated carbocycles. The summed E-state index contributed by atoms with van der Waals surface area (Å²) in [5.74, 6) is 1.42. The number of hydrogen-bond donors (Lipinski definition) is 1. The number of methoxy groups -OCH3 is 2. The predicted octanol–water partition coefficient (Wildman–Crippen LogP) is 2.82. The molecule has 5 nitrogen and oxygen atoms in total. The highest BCUT2D eigenvalue weighted by atomic mass is 35.5. The van der Waals surface area contributed by atoms with E-state index in [-0.39, 0.29) is 13.2 Å². The number of aromatic nitrogens is 1. The van der Waals surface area contributed by atoms with Crippen LogP contribution in [0.4, 0.5) is 0 Å². The summed E-state index contributed by atoms with van der Waals surface area (Å²) in [5, 5.41) is 9.90. The van der Waals surface area contributed by atoms with E-state index in [9.17, 15) is 5.11 Å². The van der Waals surface area contributed by atoms with E-state index in [1.165, 1.54) is 7.11 Å². The molecule has 21 heavy (non-hydrogen) atoms. The van der Waals surface area contributed by atoms with Gasteiger partial charge in [0.2, 0.25) is 5.88 Å². The molecule has 2 aromatic rings. The van der Waals surface area contributed by atoms with E-state index < -0.39 is 0 Å². The van der Waals surface area contributed by atoms with E-state index in [1.807, 2.05) is 6.07 Å². The van der Waals surface area contributed by atoms with Crippen LogP contribution in [0.15, 0.2) is 30.5 Å². The van der Waals surface area contributed by atoms with Crippen molar-refractivity contribution < 1.29 is 19.3 Å². The van der Waals surface area contributed by atoms with Crippen molar-refractivity contribution in [2.45, 2.75) is 13.2 Å². The second-order valence-electron chi connectivity index (χ2n) is 4.21. The van der Waals surface area contributed by atoms with Crippen LogP contribution < -0.4 is 14.2 Å². The van der Waals surface area contributed by atoms with Gasteiger partial charge in [0, 0.05) is 22.8 Å². The number of rotatable bonds is 6. The first-order chi connectivity index (χ1) is 10.2. The molecule has 0 unspecified atom stereocenters. The van der Waals surface area contributed by atoms with Gasteiger partial charge in [-0.15, -0.1) is 0 Å². The molecule has 0 saturated heterocycles. The second kappa shape index (κ2) is 7.15. The van der Waals surface area contributed by atoms with Crippen molar-refractivity contribution in [3.05, 3.63) is 46.6 Å². The van der Waals surface area contributed by atoms with Crippen molar-refractivity contribution >= 4 is 11.6 Å². The molecule has 1 heterocycles. The molecule has 112 valence electrons. The summed E-state index contributed by atoms with van der Waals surface area (Å²) < 4.78 is 16.2. The van der Waals surface area contributed by atoms with Crippen LogP contribution in [0.25, 0.3) is 0 Å². The Labute approximate surface area is 128 Å². The van der Waals surface area contributed by atoms with Crippen LogP contribution in [0, 0.1) is 0 Å². The van der Waals surface area contributed by atoms with E-state index in [1.54, 1.807) is 31.5 Å². The monoisotopic (exact) mass is 309 g/mol. The van der Waals surface area contributed by atoms with Crippen molar-refractivity contribution in [3.63, 3.8) is 0 Å². The molecule has 0 bridgehead atoms. The molecule has 0 fully saturated rings. The van der Waals surface area contributed by atoms with Crippen LogP contribution in [0.1, 0.15) is 11.1 Å². The summed E-state index contributed by atoms with van der Waals surface area (Å²) in [7, 11) is 3.07. The quantitative estimate of drug-likeness (QED) is 0.889. The third kappa shape index (κ3) is 3.56. The fraction of sp³-hybridized carbons (Fsp3) is 0.267. The molecular formula is C15H16ClNO4. The summed E-state index contributed by atoms with van der Waals surface area (Å²) in [6.07, 6.45) is 1.64. The molecule has 0 amide bonds. The molecule has 6 heteroatoms. The Morgan fingerprint density at radius 3 is 2.67 bits per heavy atom. The first-order valence-corrected chi connectivity index (χ1v) is 6.65. The first-order valence-electron chi connectivity index (χ1n) is 6.27. The Hall–Kier alpha value is -1.98. The minimum atomic E-state index is -0.198. The van der Waals surface area contributed by atoms with Crippen LogP contribution in [-0.2, 0) is 13.2 Å². The predicted molar refractivity (Wildman–Crippen MR) is 79.0 cm³/mol. The van der Waals surface area contributed by atoms with Crippen LogP contribution in [0.3, 0.4) is 0 Å². The minimum absolute atomic E-state index is 0.198. The largest absolute Gasteiger partial charge is 0.493 e. The average Bonchev–Trinajstić information content (AvgIpc) is 2.52. The Kier molecular flexibility index (Phi) is 5.25. The molecule has 0 aliphatic carbocycles. The number of halogens is 1. The van der Waals surface area contributed by atoms with E-state index in [0.29, 0.717) is 28.0 Å². The van der Waals surface area contributed by atoms with Gasteiger partial charge >= 0.3 is 0 Å². The summed E-state index contributed by atoms with van der Waals surface area (Å²) in [4.78, 5) is 4.10. The summed E-state index contributed by atoms with van der Waals surface area (Å²) in [6.45, 7) is 0.0401. The Morgan fingerprint density at radius 2 is 2.00 bits per heavy atom. The number of hydrogen-bond acceptors (Lipinski definition) is 5.